The molecular weight excluding hydrogens is 251 g/mol. The summed E-state index contributed by atoms with van der Waals surface area (Å²) >= 11 is 0. The van der Waals surface area contributed by atoms with E-state index in [1.165, 1.54) is 42.1 Å². The van der Waals surface area contributed by atoms with Crippen LogP contribution in [0.25, 0.3) is 5.69 Å². The Bertz CT molecular complexity index is 667. The number of benzene rings is 1. The van der Waals surface area contributed by atoms with E-state index in [1.807, 2.05) is 0 Å². The average Bonchev–Trinajstić information content (AvgIpc) is 2.41. The van der Waals surface area contributed by atoms with E-state index in [1.54, 1.807) is 6.07 Å². The maximum atomic E-state index is 13.6. The van der Waals surface area contributed by atoms with Gasteiger partial charge in [-0.05, 0) is 18.2 Å². The van der Waals surface area contributed by atoms with Crippen molar-refractivity contribution in [2.24, 2.45) is 0 Å². The lowest BCUT2D eigenvalue weighted by atomic mass is 10.2. The first-order valence-corrected chi connectivity index (χ1v) is 5.42. The van der Waals surface area contributed by atoms with E-state index in [0.29, 0.717) is 17.8 Å². The molecule has 0 fully saturated rings. The molecular formula is C13H11FN2O3. The number of amides is 1. The number of hydrogen-bond acceptors (Lipinski definition) is 3. The minimum atomic E-state index is -0.618. The average molecular weight is 262 g/mol. The molecule has 6 heteroatoms. The minimum absolute atomic E-state index is 0.0558. The smallest absolute Gasteiger partial charge is 0.258 e. The molecule has 0 aliphatic rings. The number of nitrogens with zero attached hydrogens (tertiary/aromatic N) is 1. The molecule has 0 atom stereocenters. The first-order chi connectivity index (χ1) is 9.15. The molecule has 0 saturated heterocycles. The standard InChI is InChI=1S/C13H11FN2O3/c1-19-10-4-5-16(13(18)7-10)9-2-3-12(15-8-17)11(14)6-9/h2-8H,1H3,(H,15,17). The van der Waals surface area contributed by atoms with Crippen LogP contribution in [0.1, 0.15) is 0 Å². The van der Waals surface area contributed by atoms with Gasteiger partial charge in [0.25, 0.3) is 5.56 Å². The first-order valence-electron chi connectivity index (χ1n) is 5.42. The summed E-state index contributed by atoms with van der Waals surface area (Å²) in [5.74, 6) is -0.187. The van der Waals surface area contributed by atoms with Crippen molar-refractivity contribution in [1.29, 1.82) is 0 Å². The number of nitrogens with one attached hydrogen (secondary N) is 1. The quantitative estimate of drug-likeness (QED) is 0.850. The van der Waals surface area contributed by atoms with Crippen LogP contribution in [0.15, 0.2) is 41.3 Å². The molecule has 98 valence electrons. The van der Waals surface area contributed by atoms with Gasteiger partial charge >= 0.3 is 0 Å². The predicted octanol–water partition coefficient (Wildman–Crippen LogP) is 1.55. The zero-order valence-electron chi connectivity index (χ0n) is 10.1. The Morgan fingerprint density at radius 3 is 2.68 bits per heavy atom. The van der Waals surface area contributed by atoms with Gasteiger partial charge in [0.2, 0.25) is 6.41 Å². The fourth-order valence-corrected chi connectivity index (χ4v) is 1.64. The molecule has 1 amide bonds. The van der Waals surface area contributed by atoms with Crippen molar-refractivity contribution in [3.8, 4) is 11.4 Å². The third-order valence-electron chi connectivity index (χ3n) is 2.57. The van der Waals surface area contributed by atoms with Crippen molar-refractivity contribution < 1.29 is 13.9 Å². The van der Waals surface area contributed by atoms with Crippen LogP contribution in [-0.4, -0.2) is 18.1 Å². The Morgan fingerprint density at radius 1 is 1.32 bits per heavy atom. The van der Waals surface area contributed by atoms with Gasteiger partial charge in [-0.25, -0.2) is 4.39 Å². The molecule has 1 aromatic heterocycles. The number of hydrogen-bond donors (Lipinski definition) is 1. The molecule has 1 heterocycles. The van der Waals surface area contributed by atoms with Crippen LogP contribution < -0.4 is 15.6 Å². The van der Waals surface area contributed by atoms with Gasteiger partial charge < -0.3 is 10.1 Å². The van der Waals surface area contributed by atoms with E-state index < -0.39 is 5.82 Å². The molecule has 19 heavy (non-hydrogen) atoms. The highest BCUT2D eigenvalue weighted by atomic mass is 19.1. The lowest BCUT2D eigenvalue weighted by molar-refractivity contribution is -0.105. The van der Waals surface area contributed by atoms with Gasteiger partial charge in [0, 0.05) is 18.3 Å². The van der Waals surface area contributed by atoms with Gasteiger partial charge in [-0.1, -0.05) is 0 Å². The number of halogens is 1. The van der Waals surface area contributed by atoms with Gasteiger partial charge in [0.15, 0.2) is 0 Å². The molecule has 0 unspecified atom stereocenters. The summed E-state index contributed by atoms with van der Waals surface area (Å²) in [4.78, 5) is 22.1. The third-order valence-corrected chi connectivity index (χ3v) is 2.57. The monoisotopic (exact) mass is 262 g/mol. The minimum Gasteiger partial charge on any atom is -0.497 e. The number of ether oxygens (including phenoxy) is 1. The van der Waals surface area contributed by atoms with Crippen molar-refractivity contribution in [2.45, 2.75) is 0 Å². The number of carbonyl (C=O) groups is 1. The number of anilines is 1. The van der Waals surface area contributed by atoms with Crippen LogP contribution in [0.5, 0.6) is 5.75 Å². The second kappa shape index (κ2) is 5.34. The van der Waals surface area contributed by atoms with E-state index in [-0.39, 0.29) is 11.2 Å². The summed E-state index contributed by atoms with van der Waals surface area (Å²) in [5.41, 5.74) is 0.0803. The fourth-order valence-electron chi connectivity index (χ4n) is 1.64. The first kappa shape index (κ1) is 12.8. The fraction of sp³-hybridized carbons (Fsp3) is 0.0769. The Hall–Kier alpha value is -2.63. The number of methoxy groups -OCH3 is 1. The van der Waals surface area contributed by atoms with Gasteiger partial charge in [-0.15, -0.1) is 0 Å². The highest BCUT2D eigenvalue weighted by Gasteiger charge is 2.06. The number of pyridine rings is 1. The second-order valence-electron chi connectivity index (χ2n) is 3.70. The lowest BCUT2D eigenvalue weighted by Crippen LogP contribution is -2.16. The van der Waals surface area contributed by atoms with Gasteiger partial charge in [-0.2, -0.15) is 0 Å². The largest absolute Gasteiger partial charge is 0.497 e. The molecule has 2 aromatic rings. The summed E-state index contributed by atoms with van der Waals surface area (Å²) < 4.78 is 19.8. The van der Waals surface area contributed by atoms with Crippen LogP contribution in [0, 0.1) is 5.82 Å². The number of carbonyl (C=O) groups excluding carboxylic acids is 1. The molecule has 2 rings (SSSR count). The number of rotatable bonds is 4. The molecule has 0 saturated carbocycles. The van der Waals surface area contributed by atoms with Crippen LogP contribution in [-0.2, 0) is 4.79 Å². The van der Waals surface area contributed by atoms with Gasteiger partial charge in [0.05, 0.1) is 18.5 Å². The molecule has 1 aromatic carbocycles. The molecule has 5 nitrogen and oxygen atoms in total. The van der Waals surface area contributed by atoms with E-state index in [9.17, 15) is 14.0 Å². The Morgan fingerprint density at radius 2 is 2.11 bits per heavy atom. The van der Waals surface area contributed by atoms with E-state index in [4.69, 9.17) is 4.74 Å². The van der Waals surface area contributed by atoms with E-state index >= 15 is 0 Å². The molecule has 0 spiro atoms. The van der Waals surface area contributed by atoms with Crippen molar-refractivity contribution in [3.05, 3.63) is 52.7 Å². The summed E-state index contributed by atoms with van der Waals surface area (Å²) in [6, 6.07) is 6.98. The van der Waals surface area contributed by atoms with Crippen molar-refractivity contribution in [1.82, 2.24) is 4.57 Å². The topological polar surface area (TPSA) is 60.3 Å². The molecule has 0 bridgehead atoms. The molecule has 0 aliphatic heterocycles. The summed E-state index contributed by atoms with van der Waals surface area (Å²) in [6.45, 7) is 0. The van der Waals surface area contributed by atoms with Crippen molar-refractivity contribution in [2.75, 3.05) is 12.4 Å². The van der Waals surface area contributed by atoms with Gasteiger partial charge in [-0.3, -0.25) is 14.2 Å². The second-order valence-corrected chi connectivity index (χ2v) is 3.70. The zero-order valence-corrected chi connectivity index (χ0v) is 10.1. The Kier molecular flexibility index (Phi) is 3.61. The molecule has 0 radical (unpaired) electrons. The van der Waals surface area contributed by atoms with E-state index in [2.05, 4.69) is 5.32 Å². The molecule has 1 N–H and O–H groups in total. The van der Waals surface area contributed by atoms with Crippen LogP contribution in [0.3, 0.4) is 0 Å². The third kappa shape index (κ3) is 2.62. The molecule has 0 aliphatic carbocycles. The van der Waals surface area contributed by atoms with Crippen LogP contribution in [0.2, 0.25) is 0 Å². The lowest BCUT2D eigenvalue weighted by Gasteiger charge is -2.08. The zero-order chi connectivity index (χ0) is 13.8. The maximum Gasteiger partial charge on any atom is 0.258 e. The SMILES string of the molecule is COc1ccn(-c2ccc(NC=O)c(F)c2)c(=O)c1. The van der Waals surface area contributed by atoms with Crippen LogP contribution in [0.4, 0.5) is 10.1 Å². The maximum absolute atomic E-state index is 13.6. The van der Waals surface area contributed by atoms with Crippen molar-refractivity contribution in [3.63, 3.8) is 0 Å². The summed E-state index contributed by atoms with van der Waals surface area (Å²) in [5, 5.41) is 2.22. The Balaban J connectivity index is 2.45. The highest BCUT2D eigenvalue weighted by Crippen LogP contribution is 2.17. The number of aromatic nitrogens is 1. The van der Waals surface area contributed by atoms with E-state index in [0.717, 1.165) is 0 Å². The van der Waals surface area contributed by atoms with Crippen molar-refractivity contribution >= 4 is 12.1 Å². The Labute approximate surface area is 108 Å². The summed E-state index contributed by atoms with van der Waals surface area (Å²) in [7, 11) is 1.46. The normalized spacial score (nSPS) is 10.0. The predicted molar refractivity (Wildman–Crippen MR) is 68.2 cm³/mol. The summed E-state index contributed by atoms with van der Waals surface area (Å²) in [6.07, 6.45) is 1.88. The highest BCUT2D eigenvalue weighted by molar-refractivity contribution is 5.72. The van der Waals surface area contributed by atoms with Gasteiger partial charge in [0.1, 0.15) is 11.6 Å². The van der Waals surface area contributed by atoms with Crippen LogP contribution >= 0.6 is 0 Å².